The van der Waals surface area contributed by atoms with Gasteiger partial charge in [-0.2, -0.15) is 4.31 Å². The second kappa shape index (κ2) is 6.02. The van der Waals surface area contributed by atoms with E-state index < -0.39 is 15.9 Å². The van der Waals surface area contributed by atoms with E-state index in [0.717, 1.165) is 42.4 Å². The van der Waals surface area contributed by atoms with Crippen LogP contribution in [0.15, 0.2) is 17.3 Å². The Bertz CT molecular complexity index is 584. The fraction of sp³-hybridized carbons (Fsp3) is 0.545. The largest absolute Gasteiger partial charge is 0.369 e. The lowest BCUT2D eigenvalue weighted by atomic mass is 10.2. The van der Waals surface area contributed by atoms with Gasteiger partial charge in [0, 0.05) is 6.04 Å². The molecule has 1 aliphatic rings. The van der Waals surface area contributed by atoms with E-state index in [0.29, 0.717) is 0 Å². The first-order valence-corrected chi connectivity index (χ1v) is 8.01. The highest BCUT2D eigenvalue weighted by Gasteiger charge is 2.34. The Morgan fingerprint density at radius 2 is 1.90 bits per heavy atom. The Morgan fingerprint density at radius 1 is 1.35 bits per heavy atom. The van der Waals surface area contributed by atoms with Crippen LogP contribution in [0.5, 0.6) is 0 Å². The standard InChI is InChI=1S/C11H15ClN4O3S/c12-11-14-5-9(6-15-11)20(18,19)16(7-10(13)17)8-3-1-2-4-8/h5-6,8H,1-4,7H2,(H2,13,17). The molecule has 0 aliphatic heterocycles. The van der Waals surface area contributed by atoms with E-state index in [1.807, 2.05) is 0 Å². The van der Waals surface area contributed by atoms with Crippen molar-refractivity contribution >= 4 is 27.5 Å². The summed E-state index contributed by atoms with van der Waals surface area (Å²) in [5, 5.41) is -0.0359. The molecule has 1 aromatic heterocycles. The van der Waals surface area contributed by atoms with Crippen molar-refractivity contribution in [2.45, 2.75) is 36.6 Å². The topological polar surface area (TPSA) is 106 Å². The number of sulfonamides is 1. The van der Waals surface area contributed by atoms with Crippen LogP contribution in [0, 0.1) is 0 Å². The van der Waals surface area contributed by atoms with E-state index in [1.165, 1.54) is 0 Å². The van der Waals surface area contributed by atoms with Gasteiger partial charge < -0.3 is 5.73 Å². The van der Waals surface area contributed by atoms with Crippen molar-refractivity contribution in [2.75, 3.05) is 6.54 Å². The van der Waals surface area contributed by atoms with Crippen LogP contribution in [-0.4, -0.2) is 41.2 Å². The number of aromatic nitrogens is 2. The first-order chi connectivity index (χ1) is 9.41. The van der Waals surface area contributed by atoms with Gasteiger partial charge in [-0.25, -0.2) is 18.4 Å². The molecule has 9 heteroatoms. The molecular formula is C11H15ClN4O3S. The van der Waals surface area contributed by atoms with Crippen molar-refractivity contribution in [1.82, 2.24) is 14.3 Å². The van der Waals surface area contributed by atoms with Crippen LogP contribution in [0.4, 0.5) is 0 Å². The van der Waals surface area contributed by atoms with Crippen LogP contribution >= 0.6 is 11.6 Å². The number of rotatable bonds is 5. The maximum absolute atomic E-state index is 12.6. The zero-order valence-corrected chi connectivity index (χ0v) is 12.3. The normalized spacial score (nSPS) is 16.7. The second-order valence-corrected chi connectivity index (χ2v) is 6.87. The van der Waals surface area contributed by atoms with Crippen molar-refractivity contribution in [3.8, 4) is 0 Å². The van der Waals surface area contributed by atoms with Crippen molar-refractivity contribution in [2.24, 2.45) is 5.73 Å². The molecule has 0 unspecified atom stereocenters. The van der Waals surface area contributed by atoms with E-state index in [4.69, 9.17) is 17.3 Å². The van der Waals surface area contributed by atoms with Gasteiger partial charge in [0.2, 0.25) is 21.2 Å². The van der Waals surface area contributed by atoms with Crippen LogP contribution in [0.3, 0.4) is 0 Å². The van der Waals surface area contributed by atoms with Crippen molar-refractivity contribution in [3.63, 3.8) is 0 Å². The number of amides is 1. The molecule has 7 nitrogen and oxygen atoms in total. The van der Waals surface area contributed by atoms with Crippen molar-refractivity contribution in [1.29, 1.82) is 0 Å². The molecule has 1 heterocycles. The van der Waals surface area contributed by atoms with Crippen molar-refractivity contribution in [3.05, 3.63) is 17.7 Å². The van der Waals surface area contributed by atoms with Crippen molar-refractivity contribution < 1.29 is 13.2 Å². The number of halogens is 1. The number of carbonyl (C=O) groups excluding carboxylic acids is 1. The quantitative estimate of drug-likeness (QED) is 0.798. The van der Waals surface area contributed by atoms with Gasteiger partial charge in [-0.05, 0) is 24.4 Å². The lowest BCUT2D eigenvalue weighted by molar-refractivity contribution is -0.118. The number of hydrogen-bond donors (Lipinski definition) is 1. The van der Waals surface area contributed by atoms with Gasteiger partial charge in [0.15, 0.2) is 0 Å². The van der Waals surface area contributed by atoms with Crippen LogP contribution in [0.1, 0.15) is 25.7 Å². The maximum Gasteiger partial charge on any atom is 0.246 e. The predicted molar refractivity (Wildman–Crippen MR) is 72.4 cm³/mol. The molecule has 20 heavy (non-hydrogen) atoms. The molecule has 1 amide bonds. The molecule has 0 atom stereocenters. The number of nitrogens with zero attached hydrogens (tertiary/aromatic N) is 3. The molecule has 2 rings (SSSR count). The Hall–Kier alpha value is -1.25. The van der Waals surface area contributed by atoms with E-state index in [2.05, 4.69) is 9.97 Å². The summed E-state index contributed by atoms with van der Waals surface area (Å²) in [6.45, 7) is -0.338. The van der Waals surface area contributed by atoms with E-state index in [-0.39, 0.29) is 22.8 Å². The number of nitrogens with two attached hydrogens (primary N) is 1. The highest BCUT2D eigenvalue weighted by molar-refractivity contribution is 7.89. The van der Waals surface area contributed by atoms with Crippen LogP contribution in [-0.2, 0) is 14.8 Å². The van der Waals surface area contributed by atoms with Crippen LogP contribution in [0.2, 0.25) is 5.28 Å². The molecule has 0 aromatic carbocycles. The Morgan fingerprint density at radius 3 is 2.40 bits per heavy atom. The van der Waals surface area contributed by atoms with E-state index in [1.54, 1.807) is 0 Å². The summed E-state index contributed by atoms with van der Waals surface area (Å²) >= 11 is 5.55. The minimum atomic E-state index is -3.85. The van der Waals surface area contributed by atoms with Gasteiger partial charge >= 0.3 is 0 Å². The van der Waals surface area contributed by atoms with E-state index in [9.17, 15) is 13.2 Å². The van der Waals surface area contributed by atoms with Crippen LogP contribution < -0.4 is 5.73 Å². The summed E-state index contributed by atoms with van der Waals surface area (Å²) < 4.78 is 26.3. The molecule has 0 saturated heterocycles. The van der Waals surface area contributed by atoms with E-state index >= 15 is 0 Å². The van der Waals surface area contributed by atoms with Gasteiger partial charge in [0.25, 0.3) is 0 Å². The Balaban J connectivity index is 2.34. The Kier molecular flexibility index (Phi) is 4.56. The van der Waals surface area contributed by atoms with Gasteiger partial charge in [0.1, 0.15) is 4.90 Å². The minimum absolute atomic E-state index is 0.0359. The zero-order chi connectivity index (χ0) is 14.8. The van der Waals surface area contributed by atoms with Gasteiger partial charge in [0.05, 0.1) is 18.9 Å². The smallest absolute Gasteiger partial charge is 0.246 e. The number of hydrogen-bond acceptors (Lipinski definition) is 5. The first-order valence-electron chi connectivity index (χ1n) is 6.19. The summed E-state index contributed by atoms with van der Waals surface area (Å²) in [4.78, 5) is 18.4. The van der Waals surface area contributed by atoms with Crippen LogP contribution in [0.25, 0.3) is 0 Å². The maximum atomic E-state index is 12.6. The average molecular weight is 319 g/mol. The summed E-state index contributed by atoms with van der Waals surface area (Å²) in [5.74, 6) is -0.685. The summed E-state index contributed by atoms with van der Waals surface area (Å²) in [6, 6.07) is -0.205. The summed E-state index contributed by atoms with van der Waals surface area (Å²) in [5.41, 5.74) is 5.16. The Labute approximate surface area is 122 Å². The van der Waals surface area contributed by atoms with Gasteiger partial charge in [-0.1, -0.05) is 12.8 Å². The summed E-state index contributed by atoms with van der Waals surface area (Å²) in [7, 11) is -3.85. The monoisotopic (exact) mass is 318 g/mol. The first kappa shape index (κ1) is 15.1. The third kappa shape index (κ3) is 3.25. The highest BCUT2D eigenvalue weighted by Crippen LogP contribution is 2.28. The molecule has 0 bridgehead atoms. The molecule has 110 valence electrons. The lowest BCUT2D eigenvalue weighted by Gasteiger charge is -2.26. The fourth-order valence-electron chi connectivity index (χ4n) is 2.33. The fourth-order valence-corrected chi connectivity index (χ4v) is 3.97. The zero-order valence-electron chi connectivity index (χ0n) is 10.7. The third-order valence-corrected chi connectivity index (χ3v) is 5.29. The highest BCUT2D eigenvalue weighted by atomic mass is 35.5. The third-order valence-electron chi connectivity index (χ3n) is 3.25. The molecule has 0 radical (unpaired) electrons. The number of carbonyl (C=O) groups is 1. The van der Waals surface area contributed by atoms with Gasteiger partial charge in [-0.15, -0.1) is 0 Å². The molecule has 1 aromatic rings. The minimum Gasteiger partial charge on any atom is -0.369 e. The molecule has 2 N–H and O–H groups in total. The van der Waals surface area contributed by atoms with Gasteiger partial charge in [-0.3, -0.25) is 4.79 Å². The second-order valence-electron chi connectivity index (χ2n) is 4.64. The predicted octanol–water partition coefficient (Wildman–Crippen LogP) is 0.549. The molecule has 1 fully saturated rings. The molecule has 1 saturated carbocycles. The number of primary amides is 1. The molecular weight excluding hydrogens is 304 g/mol. The SMILES string of the molecule is NC(=O)CN(C1CCCC1)S(=O)(=O)c1cnc(Cl)nc1. The average Bonchev–Trinajstić information content (AvgIpc) is 2.89. The molecule has 1 aliphatic carbocycles. The summed E-state index contributed by atoms with van der Waals surface area (Å²) in [6.07, 6.45) is 5.59. The lowest BCUT2D eigenvalue weighted by Crippen LogP contribution is -2.44. The molecule has 0 spiro atoms.